The molecule has 126 valence electrons. The van der Waals surface area contributed by atoms with E-state index in [9.17, 15) is 4.79 Å². The Balaban J connectivity index is 1.53. The minimum Gasteiger partial charge on any atom is -0.443 e. The van der Waals surface area contributed by atoms with E-state index in [4.69, 9.17) is 4.74 Å². The van der Waals surface area contributed by atoms with Gasteiger partial charge in [-0.3, -0.25) is 14.7 Å². The molecule has 2 fully saturated rings. The molecule has 0 N–H and O–H groups in total. The highest BCUT2D eigenvalue weighted by molar-refractivity contribution is 5.89. The second kappa shape index (κ2) is 7.32. The van der Waals surface area contributed by atoms with Gasteiger partial charge in [0.1, 0.15) is 6.10 Å². The Kier molecular flexibility index (Phi) is 5.18. The summed E-state index contributed by atoms with van der Waals surface area (Å²) in [4.78, 5) is 18.8. The van der Waals surface area contributed by atoms with Crippen LogP contribution in [0, 0.1) is 0 Å². The molecule has 0 unspecified atom stereocenters. The molecule has 5 heteroatoms. The highest BCUT2D eigenvalue weighted by Crippen LogP contribution is 2.23. The zero-order chi connectivity index (χ0) is 16.2. The molecule has 3 rings (SSSR count). The van der Waals surface area contributed by atoms with Gasteiger partial charge in [-0.2, -0.15) is 0 Å². The standard InChI is InChI=1S/C18H27N3O2/c1-3-20(4-2)16-10-11-19(12-16)13-17-14-21(18(22)23-17)15-8-6-5-7-9-15/h5-9,16-17H,3-4,10-14H2,1-2H3/t16-,17-/m0/s1. The van der Waals surface area contributed by atoms with Crippen LogP contribution in [-0.2, 0) is 4.74 Å². The maximum absolute atomic E-state index is 12.1. The molecule has 2 aliphatic rings. The van der Waals surface area contributed by atoms with Crippen molar-refractivity contribution in [3.63, 3.8) is 0 Å². The quantitative estimate of drug-likeness (QED) is 0.807. The van der Waals surface area contributed by atoms with Gasteiger partial charge in [0.2, 0.25) is 0 Å². The van der Waals surface area contributed by atoms with Crippen LogP contribution < -0.4 is 4.90 Å². The highest BCUT2D eigenvalue weighted by Gasteiger charge is 2.35. The maximum Gasteiger partial charge on any atom is 0.414 e. The van der Waals surface area contributed by atoms with E-state index in [0.29, 0.717) is 12.6 Å². The monoisotopic (exact) mass is 317 g/mol. The molecule has 2 atom stereocenters. The van der Waals surface area contributed by atoms with Gasteiger partial charge in [-0.05, 0) is 38.2 Å². The lowest BCUT2D eigenvalue weighted by atomic mass is 10.2. The van der Waals surface area contributed by atoms with Crippen molar-refractivity contribution in [2.45, 2.75) is 32.4 Å². The third kappa shape index (κ3) is 3.67. The Bertz CT molecular complexity index is 518. The fraction of sp³-hybridized carbons (Fsp3) is 0.611. The van der Waals surface area contributed by atoms with Crippen LogP contribution in [0.5, 0.6) is 0 Å². The first-order valence-corrected chi connectivity index (χ1v) is 8.70. The average Bonchev–Trinajstić information content (AvgIpc) is 3.17. The number of ether oxygens (including phenoxy) is 1. The summed E-state index contributed by atoms with van der Waals surface area (Å²) in [6.07, 6.45) is 0.962. The summed E-state index contributed by atoms with van der Waals surface area (Å²) < 4.78 is 5.57. The number of carbonyl (C=O) groups is 1. The first kappa shape index (κ1) is 16.3. The smallest absolute Gasteiger partial charge is 0.414 e. The fourth-order valence-corrected chi connectivity index (χ4v) is 3.74. The van der Waals surface area contributed by atoms with E-state index in [1.54, 1.807) is 4.90 Å². The number of para-hydroxylation sites is 1. The zero-order valence-corrected chi connectivity index (χ0v) is 14.1. The molecule has 23 heavy (non-hydrogen) atoms. The molecule has 1 amide bonds. The van der Waals surface area contributed by atoms with Crippen molar-refractivity contribution in [2.75, 3.05) is 44.2 Å². The number of benzene rings is 1. The molecular weight excluding hydrogens is 290 g/mol. The van der Waals surface area contributed by atoms with Crippen LogP contribution in [0.15, 0.2) is 30.3 Å². The molecule has 2 aliphatic heterocycles. The number of nitrogens with zero attached hydrogens (tertiary/aromatic N) is 3. The van der Waals surface area contributed by atoms with Gasteiger partial charge in [0.25, 0.3) is 0 Å². The normalized spacial score (nSPS) is 25.3. The summed E-state index contributed by atoms with van der Waals surface area (Å²) >= 11 is 0. The first-order chi connectivity index (χ1) is 11.2. The molecule has 0 aromatic heterocycles. The minimum absolute atomic E-state index is 0.0295. The number of likely N-dealkylation sites (tertiary alicyclic amines) is 1. The Morgan fingerprint density at radius 1 is 1.17 bits per heavy atom. The Hall–Kier alpha value is -1.59. The summed E-state index contributed by atoms with van der Waals surface area (Å²) in [6, 6.07) is 10.4. The largest absolute Gasteiger partial charge is 0.443 e. The van der Waals surface area contributed by atoms with Gasteiger partial charge in [-0.25, -0.2) is 4.79 Å². The number of cyclic esters (lactones) is 1. The lowest BCUT2D eigenvalue weighted by Crippen LogP contribution is -2.39. The maximum atomic E-state index is 12.1. The number of amides is 1. The van der Waals surface area contributed by atoms with Crippen molar-refractivity contribution in [1.29, 1.82) is 0 Å². The molecule has 1 aromatic carbocycles. The Morgan fingerprint density at radius 3 is 2.61 bits per heavy atom. The van der Waals surface area contributed by atoms with Crippen molar-refractivity contribution in [1.82, 2.24) is 9.80 Å². The van der Waals surface area contributed by atoms with Gasteiger partial charge in [0, 0.05) is 24.8 Å². The van der Waals surface area contributed by atoms with Crippen molar-refractivity contribution in [3.05, 3.63) is 30.3 Å². The van der Waals surface area contributed by atoms with Crippen molar-refractivity contribution in [2.24, 2.45) is 0 Å². The van der Waals surface area contributed by atoms with Crippen LogP contribution in [0.2, 0.25) is 0 Å². The van der Waals surface area contributed by atoms with Crippen molar-refractivity contribution in [3.8, 4) is 0 Å². The van der Waals surface area contributed by atoms with E-state index in [-0.39, 0.29) is 12.2 Å². The molecule has 0 saturated carbocycles. The van der Waals surface area contributed by atoms with Gasteiger partial charge in [0.05, 0.1) is 6.54 Å². The van der Waals surface area contributed by atoms with Gasteiger partial charge >= 0.3 is 6.09 Å². The van der Waals surface area contributed by atoms with Crippen LogP contribution in [-0.4, -0.2) is 67.3 Å². The summed E-state index contributed by atoms with van der Waals surface area (Å²) in [5, 5.41) is 0. The van der Waals surface area contributed by atoms with Gasteiger partial charge in [-0.1, -0.05) is 32.0 Å². The van der Waals surface area contributed by atoms with E-state index < -0.39 is 0 Å². The zero-order valence-electron chi connectivity index (χ0n) is 14.1. The van der Waals surface area contributed by atoms with Gasteiger partial charge in [-0.15, -0.1) is 0 Å². The SMILES string of the molecule is CCN(CC)[C@H]1CCN(C[C@H]2CN(c3ccccc3)C(=O)O2)C1. The highest BCUT2D eigenvalue weighted by atomic mass is 16.6. The van der Waals surface area contributed by atoms with E-state index >= 15 is 0 Å². The lowest BCUT2D eigenvalue weighted by molar-refractivity contribution is 0.113. The second-order valence-corrected chi connectivity index (χ2v) is 6.38. The molecule has 0 radical (unpaired) electrons. The third-order valence-electron chi connectivity index (χ3n) is 4.98. The van der Waals surface area contributed by atoms with Crippen LogP contribution in [0.3, 0.4) is 0 Å². The molecule has 2 heterocycles. The first-order valence-electron chi connectivity index (χ1n) is 8.70. The molecule has 5 nitrogen and oxygen atoms in total. The van der Waals surface area contributed by atoms with Crippen LogP contribution >= 0.6 is 0 Å². The number of carbonyl (C=O) groups excluding carboxylic acids is 1. The Labute approximate surface area is 138 Å². The predicted molar refractivity (Wildman–Crippen MR) is 91.8 cm³/mol. The number of likely N-dealkylation sites (N-methyl/N-ethyl adjacent to an activating group) is 1. The summed E-state index contributed by atoms with van der Waals surface area (Å²) in [5.41, 5.74) is 0.919. The van der Waals surface area contributed by atoms with Crippen LogP contribution in [0.25, 0.3) is 0 Å². The molecule has 0 bridgehead atoms. The summed E-state index contributed by atoms with van der Waals surface area (Å²) in [6.45, 7) is 10.3. The summed E-state index contributed by atoms with van der Waals surface area (Å²) in [5.74, 6) is 0. The lowest BCUT2D eigenvalue weighted by Gasteiger charge is -2.26. The van der Waals surface area contributed by atoms with E-state index in [0.717, 1.165) is 38.4 Å². The van der Waals surface area contributed by atoms with Crippen LogP contribution in [0.1, 0.15) is 20.3 Å². The predicted octanol–water partition coefficient (Wildman–Crippen LogP) is 2.43. The fourth-order valence-electron chi connectivity index (χ4n) is 3.74. The summed E-state index contributed by atoms with van der Waals surface area (Å²) in [7, 11) is 0. The van der Waals surface area contributed by atoms with Crippen molar-refractivity contribution < 1.29 is 9.53 Å². The van der Waals surface area contributed by atoms with E-state index in [2.05, 4.69) is 23.6 Å². The average molecular weight is 317 g/mol. The number of rotatable bonds is 6. The van der Waals surface area contributed by atoms with E-state index in [1.165, 1.54) is 6.42 Å². The van der Waals surface area contributed by atoms with Gasteiger partial charge in [0.15, 0.2) is 0 Å². The van der Waals surface area contributed by atoms with Crippen LogP contribution in [0.4, 0.5) is 10.5 Å². The molecule has 2 saturated heterocycles. The molecule has 0 spiro atoms. The molecular formula is C18H27N3O2. The number of anilines is 1. The second-order valence-electron chi connectivity index (χ2n) is 6.38. The van der Waals surface area contributed by atoms with Crippen molar-refractivity contribution >= 4 is 11.8 Å². The minimum atomic E-state index is -0.222. The molecule has 0 aliphatic carbocycles. The third-order valence-corrected chi connectivity index (χ3v) is 4.98. The number of hydrogen-bond donors (Lipinski definition) is 0. The topological polar surface area (TPSA) is 36.0 Å². The molecule has 1 aromatic rings. The number of hydrogen-bond acceptors (Lipinski definition) is 4. The Morgan fingerprint density at radius 2 is 1.91 bits per heavy atom. The van der Waals surface area contributed by atoms with E-state index in [1.807, 2.05) is 30.3 Å². The van der Waals surface area contributed by atoms with Gasteiger partial charge < -0.3 is 4.74 Å².